The fourth-order valence-corrected chi connectivity index (χ4v) is 3.16. The Balaban J connectivity index is 1.90. The van der Waals surface area contributed by atoms with Crippen molar-refractivity contribution in [1.29, 1.82) is 0 Å². The van der Waals surface area contributed by atoms with Crippen molar-refractivity contribution in [2.75, 3.05) is 5.32 Å². The van der Waals surface area contributed by atoms with Crippen LogP contribution in [0, 0.1) is 5.92 Å². The lowest BCUT2D eigenvalue weighted by Crippen LogP contribution is -2.33. The average molecular weight is 275 g/mol. The van der Waals surface area contributed by atoms with Gasteiger partial charge in [0.05, 0.1) is 6.20 Å². The molecule has 0 aliphatic heterocycles. The predicted molar refractivity (Wildman–Crippen MR) is 78.8 cm³/mol. The van der Waals surface area contributed by atoms with E-state index in [-0.39, 0.29) is 5.56 Å². The van der Waals surface area contributed by atoms with Gasteiger partial charge in [-0.05, 0) is 18.8 Å². The molecule has 20 heavy (non-hydrogen) atoms. The summed E-state index contributed by atoms with van der Waals surface area (Å²) in [7, 11) is 1.80. The number of nitrogens with one attached hydrogen (secondary N) is 2. The van der Waals surface area contributed by atoms with E-state index >= 15 is 0 Å². The van der Waals surface area contributed by atoms with Gasteiger partial charge in [0.2, 0.25) is 5.95 Å². The van der Waals surface area contributed by atoms with Gasteiger partial charge in [-0.15, -0.1) is 0 Å². The number of nitrogens with zero attached hydrogens (tertiary/aromatic N) is 3. The van der Waals surface area contributed by atoms with Crippen LogP contribution in [-0.2, 0) is 7.05 Å². The summed E-state index contributed by atoms with van der Waals surface area (Å²) >= 11 is 0. The molecule has 3 rings (SSSR count). The first-order valence-electron chi connectivity index (χ1n) is 7.37. The summed E-state index contributed by atoms with van der Waals surface area (Å²) in [5.41, 5.74) is 0.495. The van der Waals surface area contributed by atoms with Gasteiger partial charge in [-0.1, -0.05) is 26.2 Å². The Hall–Kier alpha value is -1.85. The number of anilines is 1. The molecule has 0 amide bonds. The van der Waals surface area contributed by atoms with E-state index in [4.69, 9.17) is 0 Å². The number of fused-ring (bicyclic) bond motifs is 1. The molecule has 0 spiro atoms. The molecule has 2 aromatic rings. The van der Waals surface area contributed by atoms with Gasteiger partial charge in [-0.25, -0.2) is 0 Å². The molecule has 1 fully saturated rings. The van der Waals surface area contributed by atoms with Crippen molar-refractivity contribution < 1.29 is 0 Å². The monoisotopic (exact) mass is 275 g/mol. The number of H-pyrrole nitrogens is 1. The fourth-order valence-electron chi connectivity index (χ4n) is 3.16. The van der Waals surface area contributed by atoms with E-state index < -0.39 is 0 Å². The predicted octanol–water partition coefficient (Wildman–Crippen LogP) is 2.04. The minimum atomic E-state index is -0.130. The molecule has 0 saturated heterocycles. The van der Waals surface area contributed by atoms with Crippen LogP contribution in [0.25, 0.3) is 11.0 Å². The molecule has 6 nitrogen and oxygen atoms in total. The number of aromatic amines is 1. The SMILES string of the molecule is CC[C@@H]1CCCC[C@H]1Nc1nc2c(cnn2C)c(=O)[nH]1. The van der Waals surface area contributed by atoms with Crippen molar-refractivity contribution in [3.05, 3.63) is 16.6 Å². The molecule has 108 valence electrons. The van der Waals surface area contributed by atoms with Gasteiger partial charge in [-0.3, -0.25) is 14.5 Å². The highest BCUT2D eigenvalue weighted by Gasteiger charge is 2.24. The molecule has 1 saturated carbocycles. The zero-order chi connectivity index (χ0) is 14.1. The summed E-state index contributed by atoms with van der Waals surface area (Å²) in [5.74, 6) is 1.23. The summed E-state index contributed by atoms with van der Waals surface area (Å²) < 4.78 is 1.63. The molecule has 2 atom stereocenters. The van der Waals surface area contributed by atoms with Crippen molar-refractivity contribution in [3.63, 3.8) is 0 Å². The molecule has 1 aliphatic rings. The number of aryl methyl sites for hydroxylation is 1. The summed E-state index contributed by atoms with van der Waals surface area (Å²) in [6.07, 6.45) is 7.67. The highest BCUT2D eigenvalue weighted by molar-refractivity contribution is 5.74. The lowest BCUT2D eigenvalue weighted by Gasteiger charge is -2.31. The van der Waals surface area contributed by atoms with E-state index in [1.54, 1.807) is 17.9 Å². The Morgan fingerprint density at radius 2 is 2.25 bits per heavy atom. The van der Waals surface area contributed by atoms with Crippen molar-refractivity contribution in [3.8, 4) is 0 Å². The summed E-state index contributed by atoms with van der Waals surface area (Å²) in [4.78, 5) is 19.3. The minimum absolute atomic E-state index is 0.130. The van der Waals surface area contributed by atoms with Gasteiger partial charge in [-0.2, -0.15) is 10.1 Å². The van der Waals surface area contributed by atoms with Gasteiger partial charge < -0.3 is 5.32 Å². The number of hydrogen-bond donors (Lipinski definition) is 2. The van der Waals surface area contributed by atoms with Gasteiger partial charge in [0.25, 0.3) is 5.56 Å². The summed E-state index contributed by atoms with van der Waals surface area (Å²) in [6, 6.07) is 0.405. The molecule has 0 aromatic carbocycles. The smallest absolute Gasteiger partial charge is 0.263 e. The first-order valence-corrected chi connectivity index (χ1v) is 7.37. The zero-order valence-electron chi connectivity index (χ0n) is 12.0. The van der Waals surface area contributed by atoms with Crippen LogP contribution in [0.5, 0.6) is 0 Å². The molecule has 2 heterocycles. The quantitative estimate of drug-likeness (QED) is 0.898. The van der Waals surface area contributed by atoms with Crippen LogP contribution < -0.4 is 10.9 Å². The zero-order valence-corrected chi connectivity index (χ0v) is 12.0. The third-order valence-electron chi connectivity index (χ3n) is 4.36. The number of aromatic nitrogens is 4. The third-order valence-corrected chi connectivity index (χ3v) is 4.36. The van der Waals surface area contributed by atoms with Crippen LogP contribution in [0.4, 0.5) is 5.95 Å². The lowest BCUT2D eigenvalue weighted by atomic mass is 9.83. The third kappa shape index (κ3) is 2.30. The number of rotatable bonds is 3. The molecular weight excluding hydrogens is 254 g/mol. The second-order valence-electron chi connectivity index (χ2n) is 5.62. The van der Waals surface area contributed by atoms with Crippen molar-refractivity contribution in [2.24, 2.45) is 13.0 Å². The van der Waals surface area contributed by atoms with E-state index in [9.17, 15) is 4.79 Å². The highest BCUT2D eigenvalue weighted by atomic mass is 16.1. The van der Waals surface area contributed by atoms with Gasteiger partial charge >= 0.3 is 0 Å². The van der Waals surface area contributed by atoms with Crippen molar-refractivity contribution in [2.45, 2.75) is 45.1 Å². The Kier molecular flexibility index (Phi) is 3.46. The molecule has 1 aliphatic carbocycles. The van der Waals surface area contributed by atoms with Crippen LogP contribution in [-0.4, -0.2) is 25.8 Å². The van der Waals surface area contributed by atoms with Crippen LogP contribution in [0.15, 0.2) is 11.0 Å². The first kappa shape index (κ1) is 13.1. The Morgan fingerprint density at radius 3 is 3.05 bits per heavy atom. The molecule has 0 radical (unpaired) electrons. The van der Waals surface area contributed by atoms with Crippen molar-refractivity contribution in [1.82, 2.24) is 19.7 Å². The van der Waals surface area contributed by atoms with E-state index in [0.29, 0.717) is 28.9 Å². The minimum Gasteiger partial charge on any atom is -0.353 e. The lowest BCUT2D eigenvalue weighted by molar-refractivity contribution is 0.316. The van der Waals surface area contributed by atoms with E-state index in [0.717, 1.165) is 12.8 Å². The Bertz CT molecular complexity index is 659. The largest absolute Gasteiger partial charge is 0.353 e. The first-order chi connectivity index (χ1) is 9.69. The molecular formula is C14H21N5O. The second-order valence-corrected chi connectivity index (χ2v) is 5.62. The molecule has 0 unspecified atom stereocenters. The van der Waals surface area contributed by atoms with Crippen LogP contribution in [0.1, 0.15) is 39.0 Å². The highest BCUT2D eigenvalue weighted by Crippen LogP contribution is 2.28. The van der Waals surface area contributed by atoms with Crippen LogP contribution >= 0.6 is 0 Å². The van der Waals surface area contributed by atoms with E-state index in [2.05, 4.69) is 27.3 Å². The van der Waals surface area contributed by atoms with Gasteiger partial charge in [0.1, 0.15) is 5.39 Å². The summed E-state index contributed by atoms with van der Waals surface area (Å²) in [5, 5.41) is 8.04. The maximum atomic E-state index is 12.0. The Morgan fingerprint density at radius 1 is 1.45 bits per heavy atom. The van der Waals surface area contributed by atoms with Crippen molar-refractivity contribution >= 4 is 17.0 Å². The molecule has 0 bridgehead atoms. The molecule has 2 aromatic heterocycles. The fraction of sp³-hybridized carbons (Fsp3) is 0.643. The van der Waals surface area contributed by atoms with Gasteiger partial charge in [0, 0.05) is 13.1 Å². The Labute approximate surface area is 117 Å². The van der Waals surface area contributed by atoms with Gasteiger partial charge in [0.15, 0.2) is 5.65 Å². The summed E-state index contributed by atoms with van der Waals surface area (Å²) in [6.45, 7) is 2.23. The van der Waals surface area contributed by atoms with E-state index in [1.165, 1.54) is 19.3 Å². The van der Waals surface area contributed by atoms with E-state index in [1.807, 2.05) is 0 Å². The second kappa shape index (κ2) is 5.26. The number of hydrogen-bond acceptors (Lipinski definition) is 4. The van der Waals surface area contributed by atoms with Crippen LogP contribution in [0.3, 0.4) is 0 Å². The maximum absolute atomic E-state index is 12.0. The maximum Gasteiger partial charge on any atom is 0.263 e. The normalized spacial score (nSPS) is 23.1. The standard InChI is InChI=1S/C14H21N5O/c1-3-9-6-4-5-7-11(9)16-14-17-12-10(13(20)18-14)8-15-19(12)2/h8-9,11H,3-7H2,1-2H3,(H2,16,17,18,20)/t9-,11-/m1/s1. The van der Waals surface area contributed by atoms with Crippen LogP contribution in [0.2, 0.25) is 0 Å². The topological polar surface area (TPSA) is 75.6 Å². The molecule has 6 heteroatoms. The molecule has 2 N–H and O–H groups in total. The average Bonchev–Trinajstić information content (AvgIpc) is 2.82.